The maximum absolute atomic E-state index is 12.9. The van der Waals surface area contributed by atoms with Crippen LogP contribution in [0.1, 0.15) is 16.7 Å². The van der Waals surface area contributed by atoms with Crippen molar-refractivity contribution in [2.75, 3.05) is 0 Å². The van der Waals surface area contributed by atoms with Gasteiger partial charge in [-0.2, -0.15) is 0 Å². The van der Waals surface area contributed by atoms with Crippen LogP contribution in [0, 0.1) is 22.9 Å². The molecule has 24 heavy (non-hydrogen) atoms. The lowest BCUT2D eigenvalue weighted by Crippen LogP contribution is -2.06. The summed E-state index contributed by atoms with van der Waals surface area (Å²) in [6.45, 7) is 1.62. The molecule has 1 heterocycles. The van der Waals surface area contributed by atoms with E-state index in [2.05, 4.69) is 4.99 Å². The van der Waals surface area contributed by atoms with Crippen LogP contribution in [0.5, 0.6) is 0 Å². The number of carbonyl (C=O) groups excluding carboxylic acids is 1. The van der Waals surface area contributed by atoms with Crippen molar-refractivity contribution in [2.45, 2.75) is 6.92 Å². The van der Waals surface area contributed by atoms with Crippen LogP contribution in [0.25, 0.3) is 6.08 Å². The van der Waals surface area contributed by atoms with Crippen molar-refractivity contribution in [1.82, 2.24) is 0 Å². The number of esters is 1. The van der Waals surface area contributed by atoms with E-state index in [4.69, 9.17) is 4.74 Å². The zero-order valence-corrected chi connectivity index (χ0v) is 12.5. The standard InChI is InChI=1S/C17H11FN2O4/c1-10-2-5-12(9-15(10)20(22)23)16-19-14(17(21)24-16)8-11-3-6-13(18)7-4-11/h2-9H,1H3. The van der Waals surface area contributed by atoms with Crippen LogP contribution in [0.15, 0.2) is 53.2 Å². The van der Waals surface area contributed by atoms with Gasteiger partial charge in [0, 0.05) is 17.2 Å². The quantitative estimate of drug-likeness (QED) is 0.375. The highest BCUT2D eigenvalue weighted by molar-refractivity contribution is 6.13. The number of hydrogen-bond acceptors (Lipinski definition) is 5. The molecule has 0 fully saturated rings. The fourth-order valence-electron chi connectivity index (χ4n) is 2.19. The summed E-state index contributed by atoms with van der Waals surface area (Å²) >= 11 is 0. The monoisotopic (exact) mass is 326 g/mol. The number of nitro groups is 1. The van der Waals surface area contributed by atoms with Crippen molar-refractivity contribution in [3.05, 3.63) is 80.8 Å². The molecule has 0 unspecified atom stereocenters. The fraction of sp³-hybridized carbons (Fsp3) is 0.0588. The van der Waals surface area contributed by atoms with Gasteiger partial charge in [0.2, 0.25) is 5.90 Å². The third kappa shape index (κ3) is 3.05. The summed E-state index contributed by atoms with van der Waals surface area (Å²) in [6, 6.07) is 9.99. The van der Waals surface area contributed by atoms with Crippen molar-refractivity contribution in [1.29, 1.82) is 0 Å². The molecule has 0 amide bonds. The molecule has 0 aliphatic carbocycles. The minimum Gasteiger partial charge on any atom is -0.402 e. The maximum atomic E-state index is 12.9. The van der Waals surface area contributed by atoms with Gasteiger partial charge in [0.1, 0.15) is 5.82 Å². The van der Waals surface area contributed by atoms with Gasteiger partial charge >= 0.3 is 5.97 Å². The molecule has 1 aliphatic heterocycles. The molecular weight excluding hydrogens is 315 g/mol. The number of benzene rings is 2. The van der Waals surface area contributed by atoms with E-state index < -0.39 is 10.9 Å². The normalized spacial score (nSPS) is 15.3. The second-order valence-electron chi connectivity index (χ2n) is 5.15. The van der Waals surface area contributed by atoms with E-state index in [-0.39, 0.29) is 23.1 Å². The second kappa shape index (κ2) is 6.04. The molecule has 0 saturated heterocycles. The number of aliphatic imine (C=N–C) groups is 1. The average Bonchev–Trinajstić information content (AvgIpc) is 2.90. The minimum atomic E-state index is -0.669. The van der Waals surface area contributed by atoms with Crippen LogP contribution < -0.4 is 0 Å². The highest BCUT2D eigenvalue weighted by Gasteiger charge is 2.25. The van der Waals surface area contributed by atoms with Crippen molar-refractivity contribution in [2.24, 2.45) is 4.99 Å². The van der Waals surface area contributed by atoms with E-state index in [1.807, 2.05) is 0 Å². The first kappa shape index (κ1) is 15.5. The van der Waals surface area contributed by atoms with Crippen molar-refractivity contribution < 1.29 is 18.8 Å². The van der Waals surface area contributed by atoms with Gasteiger partial charge in [0.05, 0.1) is 4.92 Å². The Bertz CT molecular complexity index is 901. The first-order chi connectivity index (χ1) is 11.4. The van der Waals surface area contributed by atoms with E-state index in [1.54, 1.807) is 19.1 Å². The lowest BCUT2D eigenvalue weighted by Gasteiger charge is -2.01. The Hall–Kier alpha value is -3.35. The maximum Gasteiger partial charge on any atom is 0.363 e. The predicted molar refractivity (Wildman–Crippen MR) is 84.8 cm³/mol. The number of hydrogen-bond donors (Lipinski definition) is 0. The fourth-order valence-corrected chi connectivity index (χ4v) is 2.19. The lowest BCUT2D eigenvalue weighted by molar-refractivity contribution is -0.385. The molecule has 0 bridgehead atoms. The molecule has 120 valence electrons. The summed E-state index contributed by atoms with van der Waals surface area (Å²) in [5, 5.41) is 11.0. The molecule has 2 aromatic carbocycles. The van der Waals surface area contributed by atoms with Gasteiger partial charge in [-0.25, -0.2) is 14.2 Å². The minimum absolute atomic E-state index is 0.00328. The summed E-state index contributed by atoms with van der Waals surface area (Å²) in [6.07, 6.45) is 1.46. The first-order valence-electron chi connectivity index (χ1n) is 6.97. The van der Waals surface area contributed by atoms with Crippen LogP contribution in [0.4, 0.5) is 10.1 Å². The Balaban J connectivity index is 1.96. The van der Waals surface area contributed by atoms with Gasteiger partial charge < -0.3 is 4.74 Å². The van der Waals surface area contributed by atoms with E-state index >= 15 is 0 Å². The van der Waals surface area contributed by atoms with Crippen molar-refractivity contribution in [3.8, 4) is 0 Å². The van der Waals surface area contributed by atoms with Gasteiger partial charge in [0.15, 0.2) is 5.70 Å². The molecule has 3 rings (SSSR count). The van der Waals surface area contributed by atoms with Crippen LogP contribution in [0.2, 0.25) is 0 Å². The number of ether oxygens (including phenoxy) is 1. The molecule has 2 aromatic rings. The van der Waals surface area contributed by atoms with Crippen LogP contribution in [0.3, 0.4) is 0 Å². The van der Waals surface area contributed by atoms with E-state index in [0.29, 0.717) is 16.7 Å². The topological polar surface area (TPSA) is 81.8 Å². The van der Waals surface area contributed by atoms with Gasteiger partial charge in [-0.05, 0) is 36.8 Å². The Morgan fingerprint density at radius 2 is 1.92 bits per heavy atom. The molecule has 6 nitrogen and oxygen atoms in total. The number of nitro benzene ring substituents is 1. The van der Waals surface area contributed by atoms with Crippen molar-refractivity contribution >= 4 is 23.6 Å². The smallest absolute Gasteiger partial charge is 0.363 e. The van der Waals surface area contributed by atoms with Crippen molar-refractivity contribution in [3.63, 3.8) is 0 Å². The van der Waals surface area contributed by atoms with Gasteiger partial charge in [-0.3, -0.25) is 10.1 Å². The second-order valence-corrected chi connectivity index (χ2v) is 5.15. The molecule has 0 N–H and O–H groups in total. The Morgan fingerprint density at radius 1 is 1.21 bits per heavy atom. The molecule has 0 atom stereocenters. The summed E-state index contributed by atoms with van der Waals surface area (Å²) < 4.78 is 18.0. The summed E-state index contributed by atoms with van der Waals surface area (Å²) in [7, 11) is 0. The van der Waals surface area contributed by atoms with Gasteiger partial charge in [-0.1, -0.05) is 18.2 Å². The van der Waals surface area contributed by atoms with Gasteiger partial charge in [0.25, 0.3) is 5.69 Å². The number of aryl methyl sites for hydroxylation is 1. The number of cyclic esters (lactones) is 1. The summed E-state index contributed by atoms with van der Waals surface area (Å²) in [5.74, 6) is -1.06. The largest absolute Gasteiger partial charge is 0.402 e. The average molecular weight is 326 g/mol. The number of nitrogens with zero attached hydrogens (tertiary/aromatic N) is 2. The molecular formula is C17H11FN2O4. The molecule has 7 heteroatoms. The number of rotatable bonds is 3. The Morgan fingerprint density at radius 3 is 2.58 bits per heavy atom. The van der Waals surface area contributed by atoms with Crippen LogP contribution >= 0.6 is 0 Å². The molecule has 0 spiro atoms. The lowest BCUT2D eigenvalue weighted by atomic mass is 10.1. The van der Waals surface area contributed by atoms with Crippen LogP contribution in [-0.2, 0) is 9.53 Å². The summed E-state index contributed by atoms with van der Waals surface area (Å²) in [4.78, 5) is 26.5. The molecule has 0 aromatic heterocycles. The van der Waals surface area contributed by atoms with E-state index in [0.717, 1.165) is 0 Å². The number of carbonyl (C=O) groups is 1. The number of halogens is 1. The highest BCUT2D eigenvalue weighted by Crippen LogP contribution is 2.24. The zero-order valence-electron chi connectivity index (χ0n) is 12.5. The predicted octanol–water partition coefficient (Wildman–Crippen LogP) is 3.39. The van der Waals surface area contributed by atoms with Crippen LogP contribution in [-0.4, -0.2) is 16.8 Å². The molecule has 0 radical (unpaired) electrons. The summed E-state index contributed by atoms with van der Waals surface area (Å²) in [5.41, 5.74) is 1.38. The molecule has 0 saturated carbocycles. The molecule has 1 aliphatic rings. The Labute approximate surface area is 136 Å². The van der Waals surface area contributed by atoms with Gasteiger partial charge in [-0.15, -0.1) is 0 Å². The SMILES string of the molecule is Cc1ccc(C2=NC(=Cc3ccc(F)cc3)C(=O)O2)cc1[N+](=O)[O-]. The zero-order chi connectivity index (χ0) is 17.3. The first-order valence-corrected chi connectivity index (χ1v) is 6.97. The van der Waals surface area contributed by atoms with E-state index in [1.165, 1.54) is 36.4 Å². The van der Waals surface area contributed by atoms with E-state index in [9.17, 15) is 19.3 Å². The Kier molecular flexibility index (Phi) is 3.91. The third-order valence-electron chi connectivity index (χ3n) is 3.45. The third-order valence-corrected chi connectivity index (χ3v) is 3.45. The highest BCUT2D eigenvalue weighted by atomic mass is 19.1.